The molecule has 36 heavy (non-hydrogen) atoms. The summed E-state index contributed by atoms with van der Waals surface area (Å²) in [6.07, 6.45) is 6.93. The number of nitrogens with two attached hydrogens (primary N) is 1. The summed E-state index contributed by atoms with van der Waals surface area (Å²) in [5.74, 6) is 1.67. The van der Waals surface area contributed by atoms with Gasteiger partial charge in [-0.05, 0) is 60.2 Å². The van der Waals surface area contributed by atoms with Crippen molar-refractivity contribution < 1.29 is 0 Å². The van der Waals surface area contributed by atoms with E-state index in [0.717, 1.165) is 53.8 Å². The number of H-pyrrole nitrogens is 1. The zero-order chi connectivity index (χ0) is 24.5. The largest absolute Gasteiger partial charge is 0.341 e. The van der Waals surface area contributed by atoms with Crippen LogP contribution in [0.25, 0.3) is 22.4 Å². The van der Waals surface area contributed by atoms with Crippen molar-refractivity contribution in [3.8, 4) is 11.4 Å². The maximum atomic E-state index is 6.24. The second-order valence-corrected chi connectivity index (χ2v) is 9.49. The average Bonchev–Trinajstić information content (AvgIpc) is 3.53. The Morgan fingerprint density at radius 1 is 1.06 bits per heavy atom. The van der Waals surface area contributed by atoms with E-state index < -0.39 is 0 Å². The van der Waals surface area contributed by atoms with Gasteiger partial charge < -0.3 is 10.7 Å². The fourth-order valence-corrected chi connectivity index (χ4v) is 5.29. The normalized spacial score (nSPS) is 15.5. The number of para-hydroxylation sites is 2. The van der Waals surface area contributed by atoms with Gasteiger partial charge in [0.1, 0.15) is 12.2 Å². The van der Waals surface area contributed by atoms with Crippen molar-refractivity contribution >= 4 is 11.0 Å². The molecule has 0 spiro atoms. The molecule has 0 aliphatic heterocycles. The first-order chi connectivity index (χ1) is 17.7. The van der Waals surface area contributed by atoms with Crippen LogP contribution in [0.5, 0.6) is 0 Å². The van der Waals surface area contributed by atoms with E-state index in [9.17, 15) is 0 Å². The molecule has 8 nitrogen and oxygen atoms in total. The van der Waals surface area contributed by atoms with Gasteiger partial charge in [0.05, 0.1) is 29.3 Å². The summed E-state index contributed by atoms with van der Waals surface area (Å²) >= 11 is 0. The quantitative estimate of drug-likeness (QED) is 0.362. The Morgan fingerprint density at radius 2 is 1.97 bits per heavy atom. The Kier molecular flexibility index (Phi) is 6.04. The van der Waals surface area contributed by atoms with Crippen LogP contribution in [0, 0.1) is 0 Å². The highest BCUT2D eigenvalue weighted by atomic mass is 15.3. The van der Waals surface area contributed by atoms with Crippen LogP contribution >= 0.6 is 0 Å². The zero-order valence-electron chi connectivity index (χ0n) is 20.4. The van der Waals surface area contributed by atoms with Crippen LogP contribution in [0.2, 0.25) is 0 Å². The number of benzene rings is 2. The summed E-state index contributed by atoms with van der Waals surface area (Å²) in [5, 5.41) is 4.46. The number of imidazole rings is 1. The van der Waals surface area contributed by atoms with Crippen molar-refractivity contribution in [1.29, 1.82) is 0 Å². The molecule has 0 amide bonds. The molecule has 1 aliphatic carbocycles. The number of hydrogen-bond donors (Lipinski definition) is 2. The molecule has 2 aromatic carbocycles. The Bertz CT molecular complexity index is 1470. The van der Waals surface area contributed by atoms with Crippen molar-refractivity contribution in [2.75, 3.05) is 0 Å². The van der Waals surface area contributed by atoms with Gasteiger partial charge in [-0.3, -0.25) is 14.6 Å². The number of rotatable bonds is 7. The van der Waals surface area contributed by atoms with Crippen molar-refractivity contribution in [2.24, 2.45) is 12.8 Å². The first kappa shape index (κ1) is 22.6. The van der Waals surface area contributed by atoms with Crippen LogP contribution in [-0.4, -0.2) is 34.6 Å². The van der Waals surface area contributed by atoms with Crippen molar-refractivity contribution in [3.63, 3.8) is 0 Å². The Labute approximate surface area is 210 Å². The minimum absolute atomic E-state index is 0.214. The van der Waals surface area contributed by atoms with Gasteiger partial charge in [0, 0.05) is 31.9 Å². The third-order valence-electron chi connectivity index (χ3n) is 7.05. The molecule has 0 fully saturated rings. The summed E-state index contributed by atoms with van der Waals surface area (Å²) in [6.45, 7) is 1.90. The van der Waals surface area contributed by atoms with Gasteiger partial charge in [0.25, 0.3) is 0 Å². The number of fused-ring (bicyclic) bond motifs is 2. The van der Waals surface area contributed by atoms with Gasteiger partial charge in [-0.2, -0.15) is 5.10 Å². The summed E-state index contributed by atoms with van der Waals surface area (Å²) in [4.78, 5) is 20.1. The first-order valence-corrected chi connectivity index (χ1v) is 12.5. The van der Waals surface area contributed by atoms with Gasteiger partial charge in [-0.15, -0.1) is 0 Å². The molecular formula is C28H30N8. The lowest BCUT2D eigenvalue weighted by atomic mass is 9.90. The lowest BCUT2D eigenvalue weighted by Gasteiger charge is -2.35. The molecule has 3 heterocycles. The molecule has 6 rings (SSSR count). The molecule has 1 atom stereocenters. The fraction of sp³-hybridized carbons (Fsp3) is 0.286. The van der Waals surface area contributed by atoms with Gasteiger partial charge in [-0.1, -0.05) is 30.3 Å². The highest BCUT2D eigenvalue weighted by molar-refractivity contribution is 5.74. The predicted molar refractivity (Wildman–Crippen MR) is 140 cm³/mol. The van der Waals surface area contributed by atoms with E-state index in [-0.39, 0.29) is 6.04 Å². The number of nitrogens with zero attached hydrogens (tertiary/aromatic N) is 6. The molecule has 182 valence electrons. The Hall–Kier alpha value is -3.88. The fourth-order valence-electron chi connectivity index (χ4n) is 5.29. The third-order valence-corrected chi connectivity index (χ3v) is 7.05. The van der Waals surface area contributed by atoms with Gasteiger partial charge in [-0.25, -0.2) is 9.97 Å². The molecule has 0 saturated carbocycles. The minimum Gasteiger partial charge on any atom is -0.341 e. The van der Waals surface area contributed by atoms with E-state index in [4.69, 9.17) is 15.7 Å². The first-order valence-electron chi connectivity index (χ1n) is 12.5. The third kappa shape index (κ3) is 4.41. The van der Waals surface area contributed by atoms with Crippen molar-refractivity contribution in [1.82, 2.24) is 34.6 Å². The van der Waals surface area contributed by atoms with Gasteiger partial charge in [0.2, 0.25) is 0 Å². The van der Waals surface area contributed by atoms with Crippen molar-refractivity contribution in [2.45, 2.75) is 44.9 Å². The van der Waals surface area contributed by atoms with Crippen LogP contribution in [0.3, 0.4) is 0 Å². The van der Waals surface area contributed by atoms with E-state index in [2.05, 4.69) is 50.3 Å². The second kappa shape index (κ2) is 9.64. The van der Waals surface area contributed by atoms with Crippen LogP contribution in [0.4, 0.5) is 0 Å². The number of pyridine rings is 1. The van der Waals surface area contributed by atoms with E-state index >= 15 is 0 Å². The molecule has 1 aliphatic rings. The number of aromatic nitrogens is 6. The minimum atomic E-state index is 0.214. The van der Waals surface area contributed by atoms with E-state index in [0.29, 0.717) is 18.9 Å². The maximum Gasteiger partial charge on any atom is 0.181 e. The number of hydrogen-bond acceptors (Lipinski definition) is 6. The number of aromatic amines is 1. The van der Waals surface area contributed by atoms with E-state index in [1.807, 2.05) is 37.5 Å². The van der Waals surface area contributed by atoms with Crippen LogP contribution in [0.15, 0.2) is 67.1 Å². The summed E-state index contributed by atoms with van der Waals surface area (Å²) in [6, 6.07) is 19.0. The monoisotopic (exact) mass is 478 g/mol. The van der Waals surface area contributed by atoms with Crippen LogP contribution in [-0.2, 0) is 33.1 Å². The SMILES string of the molecule is Cn1cnc(-c2ccc(CN(Cc3nc4ccccc4[nH]3)C3CCCc4cccnc43)c(CN)c2)n1. The molecular weight excluding hydrogens is 448 g/mol. The molecule has 8 heteroatoms. The van der Waals surface area contributed by atoms with E-state index in [1.54, 1.807) is 11.0 Å². The molecule has 0 radical (unpaired) electrons. The number of nitrogens with one attached hydrogen (secondary N) is 1. The lowest BCUT2D eigenvalue weighted by molar-refractivity contribution is 0.153. The summed E-state index contributed by atoms with van der Waals surface area (Å²) in [5.41, 5.74) is 14.1. The second-order valence-electron chi connectivity index (χ2n) is 9.49. The molecule has 3 N–H and O–H groups in total. The Morgan fingerprint density at radius 3 is 2.81 bits per heavy atom. The zero-order valence-corrected chi connectivity index (χ0v) is 20.4. The smallest absolute Gasteiger partial charge is 0.181 e. The highest BCUT2D eigenvalue weighted by Crippen LogP contribution is 2.35. The maximum absolute atomic E-state index is 6.24. The van der Waals surface area contributed by atoms with Crippen molar-refractivity contribution in [3.05, 3.63) is 95.3 Å². The summed E-state index contributed by atoms with van der Waals surface area (Å²) in [7, 11) is 1.88. The lowest BCUT2D eigenvalue weighted by Crippen LogP contribution is -2.32. The number of aryl methyl sites for hydroxylation is 2. The van der Waals surface area contributed by atoms with E-state index in [1.165, 1.54) is 16.8 Å². The predicted octanol–water partition coefficient (Wildman–Crippen LogP) is 4.29. The topological polar surface area (TPSA) is 102 Å². The van der Waals surface area contributed by atoms with Crippen LogP contribution < -0.4 is 5.73 Å². The van der Waals surface area contributed by atoms with Gasteiger partial charge in [0.15, 0.2) is 5.82 Å². The standard InChI is InChI=1S/C28H30N8/c1-35-18-31-28(34-35)20-11-12-21(22(14-20)15-29)16-36(17-26-32-23-8-2-3-9-24(23)33-26)25-10-4-6-19-7-5-13-30-27(19)25/h2-3,5,7-9,11-14,18,25H,4,6,10,15-17,29H2,1H3,(H,32,33). The van der Waals surface area contributed by atoms with Crippen LogP contribution in [0.1, 0.15) is 47.1 Å². The summed E-state index contributed by atoms with van der Waals surface area (Å²) < 4.78 is 1.72. The molecule has 0 bridgehead atoms. The average molecular weight is 479 g/mol. The molecule has 5 aromatic rings. The van der Waals surface area contributed by atoms with Gasteiger partial charge >= 0.3 is 0 Å². The highest BCUT2D eigenvalue weighted by Gasteiger charge is 2.28. The Balaban J connectivity index is 1.36. The molecule has 3 aromatic heterocycles. The molecule has 0 saturated heterocycles. The molecule has 1 unspecified atom stereocenters.